The predicted octanol–water partition coefficient (Wildman–Crippen LogP) is 3.25. The standard InChI is InChI=1S/C17H14FN3O3S/c1-21(16(23)14-6-3-7-24-14)9-15(22)20-17-19-13(10-25-17)11-4-2-5-12(18)8-11/h2-8,10H,9H2,1H3,(H,19,20,22). The molecule has 0 atom stereocenters. The van der Waals surface area contributed by atoms with Crippen molar-refractivity contribution in [2.45, 2.75) is 0 Å². The Bertz CT molecular complexity index is 892. The van der Waals surface area contributed by atoms with Crippen LogP contribution in [0.4, 0.5) is 9.52 Å². The number of halogens is 1. The molecule has 3 aromatic rings. The summed E-state index contributed by atoms with van der Waals surface area (Å²) in [5.74, 6) is -0.964. The summed E-state index contributed by atoms with van der Waals surface area (Å²) >= 11 is 1.22. The normalized spacial score (nSPS) is 10.5. The van der Waals surface area contributed by atoms with Crippen LogP contribution >= 0.6 is 11.3 Å². The van der Waals surface area contributed by atoms with E-state index in [1.807, 2.05) is 0 Å². The smallest absolute Gasteiger partial charge is 0.289 e. The van der Waals surface area contributed by atoms with Gasteiger partial charge in [0.05, 0.1) is 12.0 Å². The molecule has 0 unspecified atom stereocenters. The lowest BCUT2D eigenvalue weighted by Gasteiger charge is -2.14. The molecule has 0 aliphatic carbocycles. The lowest BCUT2D eigenvalue weighted by molar-refractivity contribution is -0.116. The number of amides is 2. The second kappa shape index (κ2) is 7.27. The SMILES string of the molecule is CN(CC(=O)Nc1nc(-c2cccc(F)c2)cs1)C(=O)c1ccco1. The summed E-state index contributed by atoms with van der Waals surface area (Å²) in [6.07, 6.45) is 1.39. The van der Waals surface area contributed by atoms with E-state index < -0.39 is 0 Å². The van der Waals surface area contributed by atoms with Gasteiger partial charge in [-0.05, 0) is 24.3 Å². The second-order valence-electron chi connectivity index (χ2n) is 5.23. The average molecular weight is 359 g/mol. The maximum Gasteiger partial charge on any atom is 0.289 e. The van der Waals surface area contributed by atoms with Gasteiger partial charge < -0.3 is 14.6 Å². The van der Waals surface area contributed by atoms with Crippen molar-refractivity contribution in [1.29, 1.82) is 0 Å². The van der Waals surface area contributed by atoms with E-state index in [-0.39, 0.29) is 29.9 Å². The molecule has 6 nitrogen and oxygen atoms in total. The Balaban J connectivity index is 1.61. The quantitative estimate of drug-likeness (QED) is 0.759. The molecule has 0 fully saturated rings. The maximum atomic E-state index is 13.3. The molecule has 0 saturated heterocycles. The van der Waals surface area contributed by atoms with Gasteiger partial charge in [-0.3, -0.25) is 9.59 Å². The molecule has 0 radical (unpaired) electrons. The van der Waals surface area contributed by atoms with Crippen LogP contribution < -0.4 is 5.32 Å². The van der Waals surface area contributed by atoms with E-state index in [2.05, 4.69) is 10.3 Å². The first-order valence-corrected chi connectivity index (χ1v) is 8.21. The minimum atomic E-state index is -0.389. The third-order valence-electron chi connectivity index (χ3n) is 3.33. The van der Waals surface area contributed by atoms with Crippen molar-refractivity contribution in [2.24, 2.45) is 0 Å². The molecule has 1 aromatic carbocycles. The molecule has 8 heteroatoms. The van der Waals surface area contributed by atoms with Crippen LogP contribution in [0.25, 0.3) is 11.3 Å². The van der Waals surface area contributed by atoms with Crippen LogP contribution in [-0.4, -0.2) is 35.3 Å². The minimum absolute atomic E-state index is 0.144. The van der Waals surface area contributed by atoms with Gasteiger partial charge in [0.1, 0.15) is 12.4 Å². The van der Waals surface area contributed by atoms with E-state index in [4.69, 9.17) is 4.42 Å². The molecule has 2 amide bonds. The topological polar surface area (TPSA) is 75.4 Å². The number of rotatable bonds is 5. The van der Waals surface area contributed by atoms with Gasteiger partial charge in [-0.1, -0.05) is 12.1 Å². The first-order chi connectivity index (χ1) is 12.0. The summed E-state index contributed by atoms with van der Waals surface area (Å²) in [5, 5.41) is 4.73. The Morgan fingerprint density at radius 2 is 2.16 bits per heavy atom. The first-order valence-electron chi connectivity index (χ1n) is 7.33. The minimum Gasteiger partial charge on any atom is -0.459 e. The highest BCUT2D eigenvalue weighted by molar-refractivity contribution is 7.14. The molecule has 0 bridgehead atoms. The zero-order valence-corrected chi connectivity index (χ0v) is 14.0. The summed E-state index contributed by atoms with van der Waals surface area (Å²) in [6, 6.07) is 9.19. The highest BCUT2D eigenvalue weighted by Crippen LogP contribution is 2.25. The largest absolute Gasteiger partial charge is 0.459 e. The van der Waals surface area contributed by atoms with E-state index in [0.717, 1.165) is 0 Å². The lowest BCUT2D eigenvalue weighted by atomic mass is 10.2. The van der Waals surface area contributed by atoms with Crippen LogP contribution in [0.15, 0.2) is 52.5 Å². The van der Waals surface area contributed by atoms with Gasteiger partial charge in [0, 0.05) is 18.0 Å². The highest BCUT2D eigenvalue weighted by Gasteiger charge is 2.18. The Hall–Kier alpha value is -3.00. The van der Waals surface area contributed by atoms with E-state index in [0.29, 0.717) is 16.4 Å². The summed E-state index contributed by atoms with van der Waals surface area (Å²) in [5.41, 5.74) is 1.20. The third-order valence-corrected chi connectivity index (χ3v) is 4.09. The first kappa shape index (κ1) is 16.8. The molecule has 0 spiro atoms. The fourth-order valence-corrected chi connectivity index (χ4v) is 2.88. The molecular weight excluding hydrogens is 345 g/mol. The number of thiazole rings is 1. The summed E-state index contributed by atoms with van der Waals surface area (Å²) in [4.78, 5) is 29.6. The van der Waals surface area contributed by atoms with Crippen LogP contribution in [0.3, 0.4) is 0 Å². The maximum absolute atomic E-state index is 13.3. The van der Waals surface area contributed by atoms with Crippen molar-refractivity contribution in [3.05, 3.63) is 59.6 Å². The fraction of sp³-hybridized carbons (Fsp3) is 0.118. The number of anilines is 1. The zero-order valence-electron chi connectivity index (χ0n) is 13.2. The van der Waals surface area contributed by atoms with Gasteiger partial charge >= 0.3 is 0 Å². The van der Waals surface area contributed by atoms with Gasteiger partial charge in [-0.25, -0.2) is 9.37 Å². The number of carbonyl (C=O) groups is 2. The van der Waals surface area contributed by atoms with Crippen LogP contribution in [0.2, 0.25) is 0 Å². The van der Waals surface area contributed by atoms with Crippen molar-refractivity contribution in [3.63, 3.8) is 0 Å². The molecule has 2 heterocycles. The van der Waals surface area contributed by atoms with Crippen molar-refractivity contribution >= 4 is 28.3 Å². The predicted molar refractivity (Wildman–Crippen MR) is 91.8 cm³/mol. The van der Waals surface area contributed by atoms with Crippen LogP contribution in [0.1, 0.15) is 10.6 Å². The number of likely N-dealkylation sites (N-methyl/N-ethyl adjacent to an activating group) is 1. The Morgan fingerprint density at radius 3 is 2.88 bits per heavy atom. The molecular formula is C17H14FN3O3S. The number of benzene rings is 1. The van der Waals surface area contributed by atoms with Crippen molar-refractivity contribution in [3.8, 4) is 11.3 Å². The van der Waals surface area contributed by atoms with Gasteiger partial charge in [0.2, 0.25) is 5.91 Å². The number of hydrogen-bond acceptors (Lipinski definition) is 5. The highest BCUT2D eigenvalue weighted by atomic mass is 32.1. The summed E-state index contributed by atoms with van der Waals surface area (Å²) in [7, 11) is 1.50. The van der Waals surface area contributed by atoms with Gasteiger partial charge in [0.15, 0.2) is 10.9 Å². The van der Waals surface area contributed by atoms with Gasteiger partial charge in [-0.15, -0.1) is 11.3 Å². The lowest BCUT2D eigenvalue weighted by Crippen LogP contribution is -2.34. The molecule has 1 N–H and O–H groups in total. The molecule has 0 aliphatic heterocycles. The Labute approximate surface area is 146 Å². The van der Waals surface area contributed by atoms with Gasteiger partial charge in [0.25, 0.3) is 5.91 Å². The fourth-order valence-electron chi connectivity index (χ4n) is 2.15. The number of hydrogen-bond donors (Lipinski definition) is 1. The number of furan rings is 1. The zero-order chi connectivity index (χ0) is 17.8. The summed E-state index contributed by atoms with van der Waals surface area (Å²) in [6.45, 7) is -0.144. The van der Waals surface area contributed by atoms with E-state index in [9.17, 15) is 14.0 Å². The molecule has 3 rings (SSSR count). The van der Waals surface area contributed by atoms with E-state index in [1.54, 1.807) is 23.6 Å². The Morgan fingerprint density at radius 1 is 1.32 bits per heavy atom. The van der Waals surface area contributed by atoms with Crippen LogP contribution in [0, 0.1) is 5.82 Å². The molecule has 128 valence electrons. The van der Waals surface area contributed by atoms with Crippen molar-refractivity contribution < 1.29 is 18.4 Å². The second-order valence-corrected chi connectivity index (χ2v) is 6.09. The van der Waals surface area contributed by atoms with Crippen LogP contribution in [-0.2, 0) is 4.79 Å². The number of nitrogens with zero attached hydrogens (tertiary/aromatic N) is 2. The third kappa shape index (κ3) is 4.10. The molecule has 0 saturated carbocycles. The Kier molecular flexibility index (Phi) is 4.90. The van der Waals surface area contributed by atoms with Crippen molar-refractivity contribution in [1.82, 2.24) is 9.88 Å². The van der Waals surface area contributed by atoms with E-state index in [1.165, 1.54) is 47.7 Å². The van der Waals surface area contributed by atoms with E-state index >= 15 is 0 Å². The molecule has 2 aromatic heterocycles. The molecule has 25 heavy (non-hydrogen) atoms. The summed E-state index contributed by atoms with van der Waals surface area (Å²) < 4.78 is 18.3. The number of carbonyl (C=O) groups excluding carboxylic acids is 2. The van der Waals surface area contributed by atoms with Crippen LogP contribution in [0.5, 0.6) is 0 Å². The molecule has 0 aliphatic rings. The number of aromatic nitrogens is 1. The average Bonchev–Trinajstić information content (AvgIpc) is 3.25. The number of nitrogens with one attached hydrogen (secondary N) is 1. The van der Waals surface area contributed by atoms with Crippen molar-refractivity contribution in [2.75, 3.05) is 18.9 Å². The van der Waals surface area contributed by atoms with Gasteiger partial charge in [-0.2, -0.15) is 0 Å². The monoisotopic (exact) mass is 359 g/mol.